The Bertz CT molecular complexity index is 789. The molecule has 0 spiro atoms. The van der Waals surface area contributed by atoms with Crippen LogP contribution in [-0.4, -0.2) is 49.9 Å². The Morgan fingerprint density at radius 3 is 2.54 bits per heavy atom. The molecule has 0 radical (unpaired) electrons. The second kappa shape index (κ2) is 6.15. The van der Waals surface area contributed by atoms with E-state index in [4.69, 9.17) is 0 Å². The lowest BCUT2D eigenvalue weighted by Gasteiger charge is -2.22. The van der Waals surface area contributed by atoms with Crippen LogP contribution in [-0.2, 0) is 20.0 Å². The van der Waals surface area contributed by atoms with E-state index in [1.54, 1.807) is 0 Å². The van der Waals surface area contributed by atoms with Crippen molar-refractivity contribution in [2.75, 3.05) is 18.6 Å². The molecule has 0 aromatic heterocycles. The molecule has 6 nitrogen and oxygen atoms in total. The molecule has 1 atom stereocenters. The first-order valence-electron chi connectivity index (χ1n) is 7.76. The first kappa shape index (κ1) is 17.4. The normalized spacial score (nSPS) is 22.6. The van der Waals surface area contributed by atoms with Crippen molar-refractivity contribution in [3.05, 3.63) is 34.3 Å². The number of carbonyl (C=O) groups excluding carboxylic acids is 2. The van der Waals surface area contributed by atoms with E-state index in [1.165, 1.54) is 4.90 Å². The number of urea groups is 1. The molecule has 24 heavy (non-hydrogen) atoms. The van der Waals surface area contributed by atoms with Gasteiger partial charge >= 0.3 is 6.03 Å². The van der Waals surface area contributed by atoms with Crippen molar-refractivity contribution in [3.63, 3.8) is 0 Å². The molecular formula is C16H19BrN2O4S. The van der Waals surface area contributed by atoms with Crippen LogP contribution in [0.15, 0.2) is 28.7 Å². The molecule has 1 N–H and O–H groups in total. The summed E-state index contributed by atoms with van der Waals surface area (Å²) in [7, 11) is -3.17. The third-order valence-corrected chi connectivity index (χ3v) is 6.31. The maximum absolute atomic E-state index is 12.5. The van der Waals surface area contributed by atoms with Gasteiger partial charge < -0.3 is 5.32 Å². The van der Waals surface area contributed by atoms with Gasteiger partial charge in [-0.2, -0.15) is 0 Å². The molecule has 1 aromatic rings. The lowest BCUT2D eigenvalue weighted by atomic mass is 9.95. The minimum absolute atomic E-state index is 0.113. The number of hydrogen-bond acceptors (Lipinski definition) is 4. The molecule has 3 rings (SSSR count). The SMILES string of the molecule is CS(=O)(=O)CCC1NC(=O)N(CC2(c3ccccc3Br)CC2)C1=O. The predicted molar refractivity (Wildman–Crippen MR) is 93.4 cm³/mol. The zero-order chi connectivity index (χ0) is 17.5. The maximum atomic E-state index is 12.5. The lowest BCUT2D eigenvalue weighted by Crippen LogP contribution is -2.38. The number of benzene rings is 1. The van der Waals surface area contributed by atoms with E-state index >= 15 is 0 Å². The summed E-state index contributed by atoms with van der Waals surface area (Å²) >= 11 is 3.54. The van der Waals surface area contributed by atoms with E-state index in [1.807, 2.05) is 24.3 Å². The van der Waals surface area contributed by atoms with Crippen LogP contribution in [0.5, 0.6) is 0 Å². The molecule has 1 aromatic carbocycles. The van der Waals surface area contributed by atoms with Crippen LogP contribution in [0, 0.1) is 0 Å². The van der Waals surface area contributed by atoms with Gasteiger partial charge in [-0.25, -0.2) is 13.2 Å². The Morgan fingerprint density at radius 2 is 1.96 bits per heavy atom. The highest BCUT2D eigenvalue weighted by atomic mass is 79.9. The number of carbonyl (C=O) groups is 2. The molecule has 1 heterocycles. The fraction of sp³-hybridized carbons (Fsp3) is 0.500. The first-order valence-corrected chi connectivity index (χ1v) is 10.6. The van der Waals surface area contributed by atoms with Gasteiger partial charge in [0, 0.05) is 22.7 Å². The van der Waals surface area contributed by atoms with Gasteiger partial charge in [-0.3, -0.25) is 9.69 Å². The molecule has 130 valence electrons. The quantitative estimate of drug-likeness (QED) is 0.719. The van der Waals surface area contributed by atoms with Crippen LogP contribution in [0.2, 0.25) is 0 Å². The fourth-order valence-corrected chi connectivity index (χ4v) is 4.48. The second-order valence-corrected chi connectivity index (χ2v) is 9.72. The third-order valence-electron chi connectivity index (χ3n) is 4.64. The fourth-order valence-electron chi connectivity index (χ4n) is 3.11. The summed E-state index contributed by atoms with van der Waals surface area (Å²) < 4.78 is 23.5. The summed E-state index contributed by atoms with van der Waals surface area (Å²) in [5.41, 5.74) is 0.906. The van der Waals surface area contributed by atoms with Gasteiger partial charge in [0.25, 0.3) is 5.91 Å². The first-order chi connectivity index (χ1) is 11.2. The molecule has 1 unspecified atom stereocenters. The summed E-state index contributed by atoms with van der Waals surface area (Å²) in [5.74, 6) is -0.450. The summed E-state index contributed by atoms with van der Waals surface area (Å²) in [6, 6.07) is 6.66. The molecule has 8 heteroatoms. The average Bonchev–Trinajstić information content (AvgIpc) is 3.23. The van der Waals surface area contributed by atoms with E-state index in [-0.39, 0.29) is 23.5 Å². The van der Waals surface area contributed by atoms with Gasteiger partial charge in [0.05, 0.1) is 5.75 Å². The number of imide groups is 1. The number of nitrogens with one attached hydrogen (secondary N) is 1. The molecule has 1 aliphatic heterocycles. The van der Waals surface area contributed by atoms with Crippen molar-refractivity contribution < 1.29 is 18.0 Å². The van der Waals surface area contributed by atoms with Crippen molar-refractivity contribution in [1.29, 1.82) is 0 Å². The number of halogens is 1. The Hall–Kier alpha value is -1.41. The molecule has 1 saturated carbocycles. The zero-order valence-corrected chi connectivity index (χ0v) is 15.7. The number of nitrogens with zero attached hydrogens (tertiary/aromatic N) is 1. The van der Waals surface area contributed by atoms with Crippen molar-refractivity contribution in [2.24, 2.45) is 0 Å². The summed E-state index contributed by atoms with van der Waals surface area (Å²) in [4.78, 5) is 25.9. The van der Waals surface area contributed by atoms with Crippen LogP contribution >= 0.6 is 15.9 Å². The maximum Gasteiger partial charge on any atom is 0.324 e. The highest BCUT2D eigenvalue weighted by molar-refractivity contribution is 9.10. The molecule has 1 aliphatic carbocycles. The third kappa shape index (κ3) is 3.49. The Kier molecular flexibility index (Phi) is 4.46. The van der Waals surface area contributed by atoms with Gasteiger partial charge in [-0.05, 0) is 30.9 Å². The van der Waals surface area contributed by atoms with Gasteiger partial charge in [-0.15, -0.1) is 0 Å². The van der Waals surface area contributed by atoms with Crippen LogP contribution in [0.4, 0.5) is 4.79 Å². The van der Waals surface area contributed by atoms with Crippen molar-refractivity contribution in [2.45, 2.75) is 30.7 Å². The minimum atomic E-state index is -3.17. The van der Waals surface area contributed by atoms with Gasteiger partial charge in [0.2, 0.25) is 0 Å². The highest BCUT2D eigenvalue weighted by Gasteiger charge is 2.50. The van der Waals surface area contributed by atoms with E-state index in [2.05, 4.69) is 21.2 Å². The van der Waals surface area contributed by atoms with Gasteiger partial charge in [0.1, 0.15) is 15.9 Å². The van der Waals surface area contributed by atoms with Gasteiger partial charge in [-0.1, -0.05) is 34.1 Å². The Labute approximate surface area is 149 Å². The van der Waals surface area contributed by atoms with Crippen molar-refractivity contribution in [1.82, 2.24) is 10.2 Å². The number of rotatable bonds is 6. The Morgan fingerprint density at radius 1 is 1.29 bits per heavy atom. The van der Waals surface area contributed by atoms with E-state index in [9.17, 15) is 18.0 Å². The topological polar surface area (TPSA) is 83.6 Å². The molecule has 3 amide bonds. The number of amides is 3. The van der Waals surface area contributed by atoms with Gasteiger partial charge in [0.15, 0.2) is 0 Å². The standard InChI is InChI=1S/C16H19BrN2O4S/c1-24(22,23)9-6-13-14(20)19(15(21)18-13)10-16(7-8-16)11-4-2-3-5-12(11)17/h2-5,13H,6-10H2,1H3,(H,18,21). The Balaban J connectivity index is 1.73. The molecular weight excluding hydrogens is 396 g/mol. The summed E-state index contributed by atoms with van der Waals surface area (Å²) in [5, 5.41) is 2.60. The van der Waals surface area contributed by atoms with Crippen LogP contribution < -0.4 is 5.32 Å². The highest BCUT2D eigenvalue weighted by Crippen LogP contribution is 2.51. The summed E-state index contributed by atoms with van der Waals surface area (Å²) in [6.45, 7) is 0.329. The van der Waals surface area contributed by atoms with E-state index in [0.717, 1.165) is 29.1 Å². The zero-order valence-electron chi connectivity index (χ0n) is 13.3. The van der Waals surface area contributed by atoms with Crippen LogP contribution in [0.3, 0.4) is 0 Å². The molecule has 0 bridgehead atoms. The lowest BCUT2D eigenvalue weighted by molar-refractivity contribution is -0.127. The second-order valence-electron chi connectivity index (χ2n) is 6.61. The smallest absolute Gasteiger partial charge is 0.324 e. The monoisotopic (exact) mass is 414 g/mol. The predicted octanol–water partition coefficient (Wildman–Crippen LogP) is 1.84. The largest absolute Gasteiger partial charge is 0.326 e. The molecule has 2 fully saturated rings. The number of hydrogen-bond donors (Lipinski definition) is 1. The van der Waals surface area contributed by atoms with Crippen molar-refractivity contribution >= 4 is 37.7 Å². The molecule has 2 aliphatic rings. The molecule has 1 saturated heterocycles. The number of sulfone groups is 1. The van der Waals surface area contributed by atoms with Crippen LogP contribution in [0.1, 0.15) is 24.8 Å². The van der Waals surface area contributed by atoms with Crippen LogP contribution in [0.25, 0.3) is 0 Å². The average molecular weight is 415 g/mol. The summed E-state index contributed by atoms with van der Waals surface area (Å²) in [6.07, 6.45) is 3.07. The van der Waals surface area contributed by atoms with E-state index in [0.29, 0.717) is 6.54 Å². The van der Waals surface area contributed by atoms with E-state index < -0.39 is 21.9 Å². The van der Waals surface area contributed by atoms with Crippen molar-refractivity contribution in [3.8, 4) is 0 Å². The minimum Gasteiger partial charge on any atom is -0.326 e.